The summed E-state index contributed by atoms with van der Waals surface area (Å²) >= 11 is 5.85. The number of sulfonamides is 1. The van der Waals surface area contributed by atoms with Crippen LogP contribution in [0, 0.1) is 0 Å². The van der Waals surface area contributed by atoms with Gasteiger partial charge in [-0.15, -0.1) is 0 Å². The molecule has 0 saturated heterocycles. The molecular weight excluding hydrogens is 496 g/mol. The second-order valence-electron chi connectivity index (χ2n) is 8.32. The van der Waals surface area contributed by atoms with Crippen LogP contribution in [0.1, 0.15) is 30.3 Å². The molecule has 35 heavy (non-hydrogen) atoms. The number of carbonyl (C=O) groups is 3. The quantitative estimate of drug-likeness (QED) is 0.326. The minimum atomic E-state index is -3.51. The fraction of sp³-hybridized carbons (Fsp3) is 0.318. The second-order valence-corrected chi connectivity index (χ2v) is 10.5. The standard InChI is InChI=1S/C22H23ClN6O5S/c1-13(30)22-16-10-14(27-35(2,33)34)6-9-17(16)29(26-22)12-21(32)28(15-7-8-15)11-20(31)25-19-5-3-4-18(23)24-19/h3-6,9-10,15,27H,7-8,11-12H2,1-2H3,(H,24,25,31). The predicted molar refractivity (Wildman–Crippen MR) is 131 cm³/mol. The van der Waals surface area contributed by atoms with E-state index in [0.717, 1.165) is 19.1 Å². The Morgan fingerprint density at radius 1 is 1.20 bits per heavy atom. The van der Waals surface area contributed by atoms with Gasteiger partial charge in [-0.1, -0.05) is 17.7 Å². The Hall–Kier alpha value is -3.51. The fourth-order valence-corrected chi connectivity index (χ4v) is 4.40. The minimum Gasteiger partial charge on any atom is -0.329 e. The Balaban J connectivity index is 1.55. The van der Waals surface area contributed by atoms with Crippen molar-refractivity contribution in [1.29, 1.82) is 0 Å². The highest BCUT2D eigenvalue weighted by Gasteiger charge is 2.34. The van der Waals surface area contributed by atoms with Gasteiger partial charge in [-0.25, -0.2) is 13.4 Å². The first-order valence-corrected chi connectivity index (χ1v) is 13.0. The average Bonchev–Trinajstić information content (AvgIpc) is 3.53. The number of carbonyl (C=O) groups excluding carboxylic acids is 3. The van der Waals surface area contributed by atoms with Crippen LogP contribution in [0.25, 0.3) is 10.9 Å². The largest absolute Gasteiger partial charge is 0.329 e. The summed E-state index contributed by atoms with van der Waals surface area (Å²) in [5.41, 5.74) is 0.887. The molecule has 1 aliphatic rings. The highest BCUT2D eigenvalue weighted by molar-refractivity contribution is 7.92. The molecule has 1 fully saturated rings. The molecule has 0 spiro atoms. The summed E-state index contributed by atoms with van der Waals surface area (Å²) in [4.78, 5) is 43.4. The van der Waals surface area contributed by atoms with Crippen molar-refractivity contribution in [3.8, 4) is 0 Å². The third-order valence-corrected chi connectivity index (χ3v) is 6.09. The van der Waals surface area contributed by atoms with E-state index in [-0.39, 0.29) is 53.2 Å². The molecule has 0 unspecified atom stereocenters. The van der Waals surface area contributed by atoms with Gasteiger partial charge in [0, 0.05) is 24.0 Å². The Labute approximate surface area is 206 Å². The van der Waals surface area contributed by atoms with Gasteiger partial charge in [-0.2, -0.15) is 5.10 Å². The van der Waals surface area contributed by atoms with Gasteiger partial charge >= 0.3 is 0 Å². The molecule has 13 heteroatoms. The van der Waals surface area contributed by atoms with E-state index in [0.29, 0.717) is 10.9 Å². The maximum absolute atomic E-state index is 13.2. The summed E-state index contributed by atoms with van der Waals surface area (Å²) in [7, 11) is -3.51. The van der Waals surface area contributed by atoms with Crippen LogP contribution in [-0.2, 0) is 26.2 Å². The van der Waals surface area contributed by atoms with Crippen molar-refractivity contribution in [1.82, 2.24) is 19.7 Å². The Kier molecular flexibility index (Phi) is 6.77. The van der Waals surface area contributed by atoms with Crippen LogP contribution in [0.2, 0.25) is 5.15 Å². The summed E-state index contributed by atoms with van der Waals surface area (Å²) < 4.78 is 26.9. The molecule has 11 nitrogen and oxygen atoms in total. The van der Waals surface area contributed by atoms with Gasteiger partial charge < -0.3 is 10.2 Å². The monoisotopic (exact) mass is 518 g/mol. The first-order valence-electron chi connectivity index (χ1n) is 10.7. The molecule has 0 atom stereocenters. The van der Waals surface area contributed by atoms with E-state index in [2.05, 4.69) is 20.1 Å². The average molecular weight is 519 g/mol. The minimum absolute atomic E-state index is 0.0553. The zero-order chi connectivity index (χ0) is 25.3. The first-order chi connectivity index (χ1) is 16.5. The highest BCUT2D eigenvalue weighted by atomic mass is 35.5. The van der Waals surface area contributed by atoms with Crippen LogP contribution in [0.5, 0.6) is 0 Å². The fourth-order valence-electron chi connectivity index (χ4n) is 3.68. The van der Waals surface area contributed by atoms with Crippen molar-refractivity contribution in [3.63, 3.8) is 0 Å². The summed E-state index contributed by atoms with van der Waals surface area (Å²) in [6.45, 7) is 0.982. The van der Waals surface area contributed by atoms with Gasteiger partial charge in [0.25, 0.3) is 0 Å². The molecule has 1 aromatic carbocycles. The number of aromatic nitrogens is 3. The Bertz CT molecular complexity index is 1430. The molecule has 184 valence electrons. The van der Waals surface area contributed by atoms with Gasteiger partial charge in [0.05, 0.1) is 11.8 Å². The van der Waals surface area contributed by atoms with Crippen molar-refractivity contribution in [2.24, 2.45) is 0 Å². The molecule has 0 bridgehead atoms. The summed E-state index contributed by atoms with van der Waals surface area (Å²) in [6, 6.07) is 9.40. The zero-order valence-corrected chi connectivity index (χ0v) is 20.6. The van der Waals surface area contributed by atoms with Crippen LogP contribution < -0.4 is 10.0 Å². The van der Waals surface area contributed by atoms with E-state index in [4.69, 9.17) is 11.6 Å². The lowest BCUT2D eigenvalue weighted by atomic mass is 10.1. The number of fused-ring (bicyclic) bond motifs is 1. The number of nitrogens with one attached hydrogen (secondary N) is 2. The lowest BCUT2D eigenvalue weighted by Crippen LogP contribution is -2.41. The number of rotatable bonds is 9. The number of Topliss-reactive ketones (excluding diaryl/α,β-unsaturated/α-hetero) is 1. The van der Waals surface area contributed by atoms with Crippen molar-refractivity contribution in [3.05, 3.63) is 47.2 Å². The number of amides is 2. The van der Waals surface area contributed by atoms with E-state index in [1.165, 1.54) is 28.6 Å². The third kappa shape index (κ3) is 6.14. The number of anilines is 2. The normalized spacial score (nSPS) is 13.5. The molecular formula is C22H23ClN6O5S. The van der Waals surface area contributed by atoms with E-state index in [1.54, 1.807) is 24.3 Å². The Morgan fingerprint density at radius 2 is 1.94 bits per heavy atom. The van der Waals surface area contributed by atoms with Crippen LogP contribution in [0.3, 0.4) is 0 Å². The topological polar surface area (TPSA) is 143 Å². The van der Waals surface area contributed by atoms with E-state index in [1.807, 2.05) is 0 Å². The van der Waals surface area contributed by atoms with Gasteiger partial charge in [-0.05, 0) is 43.2 Å². The summed E-state index contributed by atoms with van der Waals surface area (Å²) in [5, 5.41) is 7.59. The number of pyridine rings is 1. The number of halogens is 1. The highest BCUT2D eigenvalue weighted by Crippen LogP contribution is 2.28. The van der Waals surface area contributed by atoms with Crippen LogP contribution in [-0.4, -0.2) is 64.5 Å². The number of hydrogen-bond acceptors (Lipinski definition) is 7. The van der Waals surface area contributed by atoms with Crippen LogP contribution >= 0.6 is 11.6 Å². The molecule has 2 amide bonds. The van der Waals surface area contributed by atoms with Gasteiger partial charge in [0.15, 0.2) is 5.78 Å². The number of nitrogens with zero attached hydrogens (tertiary/aromatic N) is 4. The molecule has 2 N–H and O–H groups in total. The van der Waals surface area contributed by atoms with Crippen molar-refractivity contribution in [2.45, 2.75) is 32.4 Å². The maximum atomic E-state index is 13.2. The second kappa shape index (κ2) is 9.62. The number of benzene rings is 1. The van der Waals surface area contributed by atoms with Crippen molar-refractivity contribution < 1.29 is 22.8 Å². The molecule has 4 rings (SSSR count). The van der Waals surface area contributed by atoms with Crippen LogP contribution in [0.4, 0.5) is 11.5 Å². The first kappa shape index (κ1) is 24.6. The third-order valence-electron chi connectivity index (χ3n) is 5.28. The predicted octanol–water partition coefficient (Wildman–Crippen LogP) is 2.29. The zero-order valence-electron chi connectivity index (χ0n) is 19.0. The maximum Gasteiger partial charge on any atom is 0.245 e. The van der Waals surface area contributed by atoms with Gasteiger partial charge in [0.1, 0.15) is 29.8 Å². The van der Waals surface area contributed by atoms with Gasteiger partial charge in [-0.3, -0.25) is 23.8 Å². The lowest BCUT2D eigenvalue weighted by molar-refractivity contribution is -0.135. The summed E-state index contributed by atoms with van der Waals surface area (Å²) in [6.07, 6.45) is 2.59. The summed E-state index contributed by atoms with van der Waals surface area (Å²) in [5.74, 6) is -0.788. The molecule has 2 aromatic heterocycles. The molecule has 0 radical (unpaired) electrons. The van der Waals surface area contributed by atoms with Crippen molar-refractivity contribution >= 4 is 61.6 Å². The molecule has 2 heterocycles. The van der Waals surface area contributed by atoms with E-state index < -0.39 is 15.9 Å². The van der Waals surface area contributed by atoms with E-state index in [9.17, 15) is 22.8 Å². The molecule has 1 aliphatic carbocycles. The molecule has 3 aromatic rings. The lowest BCUT2D eigenvalue weighted by Gasteiger charge is -2.22. The Morgan fingerprint density at radius 3 is 2.57 bits per heavy atom. The number of ketones is 1. The van der Waals surface area contributed by atoms with Crippen molar-refractivity contribution in [2.75, 3.05) is 22.8 Å². The van der Waals surface area contributed by atoms with E-state index >= 15 is 0 Å². The smallest absolute Gasteiger partial charge is 0.245 e. The molecule has 0 aliphatic heterocycles. The van der Waals surface area contributed by atoms with Gasteiger partial charge in [0.2, 0.25) is 21.8 Å². The molecule has 1 saturated carbocycles. The number of hydrogen-bond donors (Lipinski definition) is 2. The van der Waals surface area contributed by atoms with Crippen LogP contribution in [0.15, 0.2) is 36.4 Å². The SMILES string of the molecule is CC(=O)c1nn(CC(=O)N(CC(=O)Nc2cccc(Cl)n2)C2CC2)c2ccc(NS(C)(=O)=O)cc12.